The molecule has 1 amide bonds. The summed E-state index contributed by atoms with van der Waals surface area (Å²) in [6.07, 6.45) is 5.88. The number of carbonyl (C=O) groups excluding carboxylic acids is 1. The molecule has 5 aliphatic heterocycles. The van der Waals surface area contributed by atoms with Crippen LogP contribution in [0, 0.1) is 23.7 Å². The second kappa shape index (κ2) is 12.5. The van der Waals surface area contributed by atoms with E-state index in [-0.39, 0.29) is 23.9 Å². The number of hydrogen-bond acceptors (Lipinski definition) is 9. The highest BCUT2D eigenvalue weighted by Crippen LogP contribution is 2.60. The van der Waals surface area contributed by atoms with Gasteiger partial charge in [0.15, 0.2) is 11.9 Å². The first-order valence-corrected chi connectivity index (χ1v) is 17.7. The maximum absolute atomic E-state index is 13.4. The number of benzene rings is 1. The molecule has 2 bridgehead atoms. The lowest BCUT2D eigenvalue weighted by atomic mass is 9.57. The van der Waals surface area contributed by atoms with Gasteiger partial charge in [0.25, 0.3) is 5.91 Å². The van der Waals surface area contributed by atoms with E-state index in [0.717, 1.165) is 75.9 Å². The predicted octanol–water partition coefficient (Wildman–Crippen LogP) is 5.43. The third-order valence-electron chi connectivity index (χ3n) is 12.0. The largest absolute Gasteiger partial charge is 0.422 e. The fourth-order valence-electron chi connectivity index (χ4n) is 9.20. The van der Waals surface area contributed by atoms with E-state index in [4.69, 9.17) is 23.7 Å². The highest BCUT2D eigenvalue weighted by Gasteiger charge is 2.69. The number of anilines is 1. The first-order chi connectivity index (χ1) is 22.2. The van der Waals surface area contributed by atoms with Crippen LogP contribution in [0.2, 0.25) is 0 Å². The number of nitrogens with zero attached hydrogens (tertiary/aromatic N) is 3. The van der Waals surface area contributed by atoms with Crippen LogP contribution >= 0.6 is 0 Å². The van der Waals surface area contributed by atoms with Crippen molar-refractivity contribution in [2.24, 2.45) is 23.7 Å². The van der Waals surface area contributed by atoms with Crippen molar-refractivity contribution in [3.63, 3.8) is 0 Å². The number of ether oxygens (including phenoxy) is 2. The van der Waals surface area contributed by atoms with Crippen LogP contribution in [-0.4, -0.2) is 85.3 Å². The molecule has 6 heterocycles. The highest BCUT2D eigenvalue weighted by atomic mass is 17.3. The van der Waals surface area contributed by atoms with Crippen molar-refractivity contribution in [1.82, 2.24) is 9.80 Å². The summed E-state index contributed by atoms with van der Waals surface area (Å²) in [6.45, 7) is 16.2. The molecule has 6 aliphatic rings. The zero-order valence-electron chi connectivity index (χ0n) is 28.2. The second-order valence-electron chi connectivity index (χ2n) is 14.6. The van der Waals surface area contributed by atoms with Crippen molar-refractivity contribution in [3.8, 4) is 0 Å². The van der Waals surface area contributed by atoms with Gasteiger partial charge in [-0.2, -0.15) is 0 Å². The number of hydrogen-bond donors (Lipinski definition) is 0. The molecule has 1 saturated carbocycles. The van der Waals surface area contributed by atoms with Crippen molar-refractivity contribution in [2.75, 3.05) is 50.7 Å². The van der Waals surface area contributed by atoms with Gasteiger partial charge in [0.1, 0.15) is 11.1 Å². The Balaban J connectivity index is 0.939. The first-order valence-electron chi connectivity index (χ1n) is 17.7. The summed E-state index contributed by atoms with van der Waals surface area (Å²) in [4.78, 5) is 45.0. The van der Waals surface area contributed by atoms with E-state index >= 15 is 0 Å². The fraction of sp³-hybridized carbons (Fsp3) is 0.722. The summed E-state index contributed by atoms with van der Waals surface area (Å²) in [5.74, 6) is 0.654. The van der Waals surface area contributed by atoms with E-state index in [1.165, 1.54) is 6.42 Å². The molecule has 1 aromatic heterocycles. The van der Waals surface area contributed by atoms with Crippen molar-refractivity contribution in [1.29, 1.82) is 0 Å². The normalized spacial score (nSPS) is 36.0. The molecule has 252 valence electrons. The van der Waals surface area contributed by atoms with Crippen LogP contribution in [0.3, 0.4) is 0 Å². The summed E-state index contributed by atoms with van der Waals surface area (Å²) < 4.78 is 18.9. The highest BCUT2D eigenvalue weighted by molar-refractivity contribution is 5.97. The minimum absolute atomic E-state index is 0.106. The van der Waals surface area contributed by atoms with Crippen molar-refractivity contribution in [3.05, 3.63) is 40.2 Å². The second-order valence-corrected chi connectivity index (χ2v) is 14.6. The minimum Gasteiger partial charge on any atom is -0.422 e. The van der Waals surface area contributed by atoms with E-state index in [0.29, 0.717) is 42.3 Å². The molecule has 8 rings (SSSR count). The van der Waals surface area contributed by atoms with Gasteiger partial charge in [-0.05, 0) is 95.4 Å². The quantitative estimate of drug-likeness (QED) is 0.278. The fourth-order valence-corrected chi connectivity index (χ4v) is 9.20. The van der Waals surface area contributed by atoms with Gasteiger partial charge in [-0.1, -0.05) is 13.8 Å². The van der Waals surface area contributed by atoms with Gasteiger partial charge < -0.3 is 23.7 Å². The summed E-state index contributed by atoms with van der Waals surface area (Å²) in [5.41, 5.74) is 0.533. The Kier molecular flexibility index (Phi) is 8.72. The molecule has 1 spiro atoms. The Morgan fingerprint density at radius 2 is 1.78 bits per heavy atom. The topological polar surface area (TPSA) is 93.9 Å². The van der Waals surface area contributed by atoms with Gasteiger partial charge in [0.2, 0.25) is 5.79 Å². The van der Waals surface area contributed by atoms with E-state index in [2.05, 4.69) is 37.5 Å². The zero-order chi connectivity index (χ0) is 32.2. The molecule has 10 nitrogen and oxygen atoms in total. The molecule has 0 N–H and O–H groups in total. The molecule has 0 unspecified atom stereocenters. The number of carbonyl (C=O) groups is 1. The molecule has 1 aliphatic carbocycles. The third kappa shape index (κ3) is 5.48. The Hall–Kier alpha value is -2.50. The molecule has 1 aromatic carbocycles. The molecular weight excluding hydrogens is 586 g/mol. The van der Waals surface area contributed by atoms with Gasteiger partial charge in [0, 0.05) is 68.7 Å². The zero-order valence-corrected chi connectivity index (χ0v) is 28.2. The van der Waals surface area contributed by atoms with Gasteiger partial charge in [-0.15, -0.1) is 0 Å². The predicted molar refractivity (Wildman–Crippen MR) is 174 cm³/mol. The number of piperazine rings is 1. The maximum Gasteiger partial charge on any atom is 0.349 e. The molecule has 46 heavy (non-hydrogen) atoms. The van der Waals surface area contributed by atoms with Gasteiger partial charge in [-0.3, -0.25) is 9.69 Å². The molecule has 10 heteroatoms. The Morgan fingerprint density at radius 3 is 2.54 bits per heavy atom. The number of fused-ring (bicyclic) bond motifs is 3. The average molecular weight is 638 g/mol. The molecule has 5 saturated heterocycles. The third-order valence-corrected chi connectivity index (χ3v) is 12.0. The average Bonchev–Trinajstić information content (AvgIpc) is 3.29. The van der Waals surface area contributed by atoms with Gasteiger partial charge >= 0.3 is 5.63 Å². The monoisotopic (exact) mass is 637 g/mol. The Bertz CT molecular complexity index is 1490. The minimum atomic E-state index is -0.748. The van der Waals surface area contributed by atoms with E-state index in [9.17, 15) is 9.59 Å². The lowest BCUT2D eigenvalue weighted by Crippen LogP contribution is -2.70. The van der Waals surface area contributed by atoms with Crippen molar-refractivity contribution >= 4 is 22.6 Å². The smallest absolute Gasteiger partial charge is 0.349 e. The van der Waals surface area contributed by atoms with E-state index in [1.807, 2.05) is 25.1 Å². The number of rotatable bonds is 8. The van der Waals surface area contributed by atoms with Crippen LogP contribution in [0.1, 0.15) is 83.5 Å². The molecule has 8 atom stereocenters. The van der Waals surface area contributed by atoms with Gasteiger partial charge in [-0.25, -0.2) is 14.6 Å². The molecular formula is C36H51N3O7. The Morgan fingerprint density at radius 1 is 1.00 bits per heavy atom. The van der Waals surface area contributed by atoms with Crippen LogP contribution < -0.4 is 10.5 Å². The van der Waals surface area contributed by atoms with Gasteiger partial charge in [0.05, 0.1) is 6.10 Å². The molecule has 2 aromatic rings. The maximum atomic E-state index is 13.4. The standard InChI is InChI=1S/C36H51N3O7/c1-6-38(7-2)26-12-11-25-21-27(33(41)42-31(25)22-26)32(40)39-19-17-37(18-20-39)16-8-9-30-24(4)29-13-10-23(3)28-14-15-35(5)44-34(43-30)36(28,29)46-45-35/h11-12,21-24,28-30,34H,6-10,13-20H2,1-5H3/t23-,24-,28+,29+,30-,34-,35-,36-/m1/s1. The first kappa shape index (κ1) is 32.1. The van der Waals surface area contributed by atoms with Crippen LogP contribution in [0.25, 0.3) is 11.0 Å². The molecule has 6 fully saturated rings. The van der Waals surface area contributed by atoms with Crippen molar-refractivity contribution in [2.45, 2.75) is 96.9 Å². The van der Waals surface area contributed by atoms with Crippen LogP contribution in [0.4, 0.5) is 5.69 Å². The van der Waals surface area contributed by atoms with E-state index < -0.39 is 17.0 Å². The number of amides is 1. The summed E-state index contributed by atoms with van der Waals surface area (Å²) in [7, 11) is 0. The lowest BCUT2D eigenvalue weighted by Gasteiger charge is -2.60. The lowest BCUT2D eigenvalue weighted by molar-refractivity contribution is -0.571. The molecule has 0 radical (unpaired) electrons. The van der Waals surface area contributed by atoms with Crippen molar-refractivity contribution < 1.29 is 28.5 Å². The Labute approximate surface area is 272 Å². The van der Waals surface area contributed by atoms with Crippen LogP contribution in [0.5, 0.6) is 0 Å². The summed E-state index contributed by atoms with van der Waals surface area (Å²) in [6, 6.07) is 7.52. The summed E-state index contributed by atoms with van der Waals surface area (Å²) >= 11 is 0. The van der Waals surface area contributed by atoms with E-state index in [1.54, 1.807) is 11.0 Å². The van der Waals surface area contributed by atoms with Crippen LogP contribution in [0.15, 0.2) is 33.5 Å². The van der Waals surface area contributed by atoms with Crippen LogP contribution in [-0.2, 0) is 19.2 Å². The summed E-state index contributed by atoms with van der Waals surface area (Å²) in [5, 5.41) is 0.760. The SMILES string of the molecule is CCN(CC)c1ccc2cc(C(=O)N3CCN(CCC[C@H]4O[C@@H]5O[C@@]6(C)CC[C@H]7[C@H](C)CC[C@@H]([C@H]4C)[C@@]57OO6)CC3)c(=O)oc2c1.